The molecule has 0 bridgehead atoms. The SMILES string of the molecule is CN(C(=O)/C=C/CN(C)C1CCC1)c1ccc(Nc2ncnc(N)c2C(=N)c2ccc(Oc3ccccc3)cc2)cc1. The lowest BCUT2D eigenvalue weighted by atomic mass is 9.92. The highest BCUT2D eigenvalue weighted by atomic mass is 16.5. The topological polar surface area (TPSA) is 120 Å². The Kier molecular flexibility index (Phi) is 8.89. The summed E-state index contributed by atoms with van der Waals surface area (Å²) in [5.74, 6) is 1.91. The fourth-order valence-corrected chi connectivity index (χ4v) is 4.64. The summed E-state index contributed by atoms with van der Waals surface area (Å²) in [4.78, 5) is 25.1. The van der Waals surface area contributed by atoms with Crippen LogP contribution in [0.5, 0.6) is 11.5 Å². The predicted molar refractivity (Wildman–Crippen MR) is 168 cm³/mol. The highest BCUT2D eigenvalue weighted by Crippen LogP contribution is 2.28. The molecule has 1 aliphatic carbocycles. The number of hydrogen-bond acceptors (Lipinski definition) is 8. The molecule has 42 heavy (non-hydrogen) atoms. The molecule has 1 aromatic heterocycles. The molecule has 4 aromatic rings. The molecule has 0 spiro atoms. The van der Waals surface area contributed by atoms with Gasteiger partial charge < -0.3 is 20.7 Å². The fraction of sp³-hybridized carbons (Fsp3) is 0.212. The van der Waals surface area contributed by atoms with Gasteiger partial charge in [-0.15, -0.1) is 0 Å². The van der Waals surface area contributed by atoms with E-state index in [0.29, 0.717) is 28.7 Å². The molecule has 214 valence electrons. The molecular formula is C33H35N7O2. The number of ether oxygens (including phenoxy) is 1. The molecule has 0 aliphatic heterocycles. The average molecular weight is 562 g/mol. The molecule has 0 unspecified atom stereocenters. The zero-order valence-electron chi connectivity index (χ0n) is 23.8. The molecule has 4 N–H and O–H groups in total. The average Bonchev–Trinajstić information content (AvgIpc) is 2.97. The van der Waals surface area contributed by atoms with Gasteiger partial charge >= 0.3 is 0 Å². The number of aromatic nitrogens is 2. The Morgan fingerprint density at radius 3 is 2.36 bits per heavy atom. The number of likely N-dealkylation sites (N-methyl/N-ethyl adjacent to an activating group) is 2. The number of rotatable bonds is 11. The standard InChI is InChI=1S/C33H35N7O2/c1-39(25-8-6-9-25)21-7-12-29(41)40(2)26-17-15-24(16-18-26)38-33-30(32(35)36-22-37-33)31(34)23-13-19-28(20-14-23)42-27-10-4-3-5-11-27/h3-5,7,10-20,22,25,34H,6,8-9,21H2,1-2H3,(H3,35,36,37,38)/b12-7+,34-31?. The van der Waals surface area contributed by atoms with Crippen molar-refractivity contribution in [1.82, 2.24) is 14.9 Å². The minimum Gasteiger partial charge on any atom is -0.457 e. The van der Waals surface area contributed by atoms with E-state index < -0.39 is 0 Å². The number of carbonyl (C=O) groups excluding carboxylic acids is 1. The van der Waals surface area contributed by atoms with E-state index >= 15 is 0 Å². The number of anilines is 4. The number of nitrogen functional groups attached to an aromatic ring is 1. The molecule has 1 heterocycles. The van der Waals surface area contributed by atoms with Gasteiger partial charge in [0.25, 0.3) is 0 Å². The zero-order valence-corrected chi connectivity index (χ0v) is 23.8. The van der Waals surface area contributed by atoms with Crippen LogP contribution in [-0.2, 0) is 4.79 Å². The van der Waals surface area contributed by atoms with Crippen LogP contribution in [0.15, 0.2) is 97.3 Å². The minimum atomic E-state index is -0.0859. The van der Waals surface area contributed by atoms with Crippen molar-refractivity contribution in [2.75, 3.05) is 36.6 Å². The van der Waals surface area contributed by atoms with Crippen LogP contribution in [0.3, 0.4) is 0 Å². The molecule has 1 amide bonds. The van der Waals surface area contributed by atoms with Crippen LogP contribution in [-0.4, -0.2) is 53.2 Å². The number of nitrogens with zero attached hydrogens (tertiary/aromatic N) is 4. The number of hydrogen-bond donors (Lipinski definition) is 3. The second-order valence-electron chi connectivity index (χ2n) is 10.3. The third-order valence-electron chi connectivity index (χ3n) is 7.45. The molecule has 9 heteroatoms. The summed E-state index contributed by atoms with van der Waals surface area (Å²) < 4.78 is 5.87. The lowest BCUT2D eigenvalue weighted by molar-refractivity contribution is -0.113. The Labute approximate surface area is 246 Å². The molecule has 1 saturated carbocycles. The number of nitrogens with one attached hydrogen (secondary N) is 2. The van der Waals surface area contributed by atoms with Crippen molar-refractivity contribution >= 4 is 34.6 Å². The second kappa shape index (κ2) is 13.1. The second-order valence-corrected chi connectivity index (χ2v) is 10.3. The van der Waals surface area contributed by atoms with E-state index in [2.05, 4.69) is 27.2 Å². The van der Waals surface area contributed by atoms with Gasteiger partial charge in [-0.25, -0.2) is 9.97 Å². The quantitative estimate of drug-likeness (QED) is 0.151. The van der Waals surface area contributed by atoms with Gasteiger partial charge in [0.05, 0.1) is 11.3 Å². The summed E-state index contributed by atoms with van der Waals surface area (Å²) in [5, 5.41) is 12.1. The van der Waals surface area contributed by atoms with Gasteiger partial charge in [0.1, 0.15) is 29.5 Å². The third-order valence-corrected chi connectivity index (χ3v) is 7.45. The monoisotopic (exact) mass is 561 g/mol. The fourth-order valence-electron chi connectivity index (χ4n) is 4.64. The van der Waals surface area contributed by atoms with Crippen molar-refractivity contribution in [1.29, 1.82) is 5.41 Å². The van der Waals surface area contributed by atoms with Crippen molar-refractivity contribution in [3.8, 4) is 11.5 Å². The van der Waals surface area contributed by atoms with Crippen LogP contribution in [0, 0.1) is 5.41 Å². The molecule has 0 radical (unpaired) electrons. The van der Waals surface area contributed by atoms with Crippen LogP contribution in [0.1, 0.15) is 30.4 Å². The number of carbonyl (C=O) groups is 1. The Bertz CT molecular complexity index is 1550. The van der Waals surface area contributed by atoms with Gasteiger partial charge in [0.15, 0.2) is 0 Å². The largest absolute Gasteiger partial charge is 0.457 e. The summed E-state index contributed by atoms with van der Waals surface area (Å²) >= 11 is 0. The van der Waals surface area contributed by atoms with Gasteiger partial charge in [-0.1, -0.05) is 30.7 Å². The molecule has 3 aromatic carbocycles. The van der Waals surface area contributed by atoms with Crippen molar-refractivity contribution in [2.45, 2.75) is 25.3 Å². The van der Waals surface area contributed by atoms with Crippen LogP contribution in [0.2, 0.25) is 0 Å². The van der Waals surface area contributed by atoms with E-state index in [1.165, 1.54) is 25.6 Å². The maximum atomic E-state index is 12.7. The van der Waals surface area contributed by atoms with E-state index in [0.717, 1.165) is 23.7 Å². The number of nitrogens with two attached hydrogens (primary N) is 1. The minimum absolute atomic E-state index is 0.0859. The van der Waals surface area contributed by atoms with Gasteiger partial charge in [-0.2, -0.15) is 0 Å². The third kappa shape index (κ3) is 6.82. The number of para-hydroxylation sites is 1. The van der Waals surface area contributed by atoms with Gasteiger partial charge in [-0.3, -0.25) is 15.1 Å². The first-order valence-corrected chi connectivity index (χ1v) is 13.9. The van der Waals surface area contributed by atoms with Gasteiger partial charge in [-0.05, 0) is 80.6 Å². The summed E-state index contributed by atoms with van der Waals surface area (Å²) in [7, 11) is 3.86. The van der Waals surface area contributed by atoms with E-state index in [1.807, 2.05) is 72.8 Å². The molecule has 0 saturated heterocycles. The smallest absolute Gasteiger partial charge is 0.250 e. The van der Waals surface area contributed by atoms with Crippen LogP contribution >= 0.6 is 0 Å². The molecule has 1 aliphatic rings. The Hall–Kier alpha value is -5.02. The lowest BCUT2D eigenvalue weighted by Crippen LogP contribution is -2.37. The first kappa shape index (κ1) is 28.5. The highest BCUT2D eigenvalue weighted by molar-refractivity contribution is 6.16. The Morgan fingerprint density at radius 2 is 1.69 bits per heavy atom. The Morgan fingerprint density at radius 1 is 1.00 bits per heavy atom. The van der Waals surface area contributed by atoms with Gasteiger partial charge in [0.2, 0.25) is 5.91 Å². The predicted octanol–water partition coefficient (Wildman–Crippen LogP) is 6.01. The summed E-state index contributed by atoms with van der Waals surface area (Å²) in [5.41, 5.74) is 8.92. The van der Waals surface area contributed by atoms with E-state index in [4.69, 9.17) is 15.9 Å². The van der Waals surface area contributed by atoms with Crippen molar-refractivity contribution in [3.63, 3.8) is 0 Å². The number of benzene rings is 3. The molecule has 5 rings (SSSR count). The van der Waals surface area contributed by atoms with E-state index in [1.54, 1.807) is 30.2 Å². The number of amides is 1. The zero-order chi connectivity index (χ0) is 29.5. The molecule has 9 nitrogen and oxygen atoms in total. The Balaban J connectivity index is 1.24. The molecular weight excluding hydrogens is 526 g/mol. The maximum absolute atomic E-state index is 12.7. The van der Waals surface area contributed by atoms with Gasteiger partial charge in [0, 0.05) is 42.6 Å². The van der Waals surface area contributed by atoms with Crippen molar-refractivity contribution in [3.05, 3.63) is 108 Å². The van der Waals surface area contributed by atoms with Crippen LogP contribution in [0.25, 0.3) is 0 Å². The normalized spacial score (nSPS) is 13.1. The van der Waals surface area contributed by atoms with Crippen LogP contribution in [0.4, 0.5) is 23.0 Å². The van der Waals surface area contributed by atoms with Crippen molar-refractivity contribution in [2.24, 2.45) is 0 Å². The molecule has 0 atom stereocenters. The van der Waals surface area contributed by atoms with Crippen LogP contribution < -0.4 is 20.7 Å². The highest BCUT2D eigenvalue weighted by Gasteiger charge is 2.21. The molecule has 1 fully saturated rings. The lowest BCUT2D eigenvalue weighted by Gasteiger charge is -2.33. The summed E-state index contributed by atoms with van der Waals surface area (Å²) in [6.07, 6.45) is 8.68. The first-order chi connectivity index (χ1) is 20.4. The van der Waals surface area contributed by atoms with Crippen molar-refractivity contribution < 1.29 is 9.53 Å². The maximum Gasteiger partial charge on any atom is 0.250 e. The van der Waals surface area contributed by atoms with E-state index in [9.17, 15) is 4.79 Å². The summed E-state index contributed by atoms with van der Waals surface area (Å²) in [6.45, 7) is 0.762. The first-order valence-electron chi connectivity index (χ1n) is 13.9. The summed E-state index contributed by atoms with van der Waals surface area (Å²) in [6, 6.07) is 24.8. The van der Waals surface area contributed by atoms with E-state index in [-0.39, 0.29) is 17.4 Å².